The lowest BCUT2D eigenvalue weighted by Crippen LogP contribution is -2.28. The molecule has 14 heavy (non-hydrogen) atoms. The van der Waals surface area contributed by atoms with E-state index in [0.29, 0.717) is 0 Å². The molecule has 0 aromatic rings. The number of nitrogens with one attached hydrogen (secondary N) is 1. The zero-order chi connectivity index (χ0) is 9.80. The molecule has 82 valence electrons. The highest BCUT2D eigenvalue weighted by molar-refractivity contribution is 4.92. The van der Waals surface area contributed by atoms with Gasteiger partial charge in [0.25, 0.3) is 0 Å². The van der Waals surface area contributed by atoms with E-state index in [1.54, 1.807) is 0 Å². The van der Waals surface area contributed by atoms with Gasteiger partial charge in [0, 0.05) is 13.2 Å². The van der Waals surface area contributed by atoms with Crippen LogP contribution >= 0.6 is 0 Å². The highest BCUT2D eigenvalue weighted by Crippen LogP contribution is 2.48. The Kier molecular flexibility index (Phi) is 3.82. The highest BCUT2D eigenvalue weighted by Gasteiger charge is 2.40. The van der Waals surface area contributed by atoms with Crippen molar-refractivity contribution in [1.82, 2.24) is 5.32 Å². The van der Waals surface area contributed by atoms with E-state index in [2.05, 4.69) is 12.2 Å². The molecular formula is C12H23NO. The van der Waals surface area contributed by atoms with Crippen molar-refractivity contribution in [3.8, 4) is 0 Å². The lowest BCUT2D eigenvalue weighted by Gasteiger charge is -2.16. The molecule has 2 aliphatic carbocycles. The third-order valence-electron chi connectivity index (χ3n) is 3.46. The summed E-state index contributed by atoms with van der Waals surface area (Å²) in [5, 5.41) is 3.54. The first-order valence-electron chi connectivity index (χ1n) is 6.20. The SMILES string of the molecule is CCOCCNCC(C1CC1)C1CC1. The Balaban J connectivity index is 1.53. The molecule has 2 fully saturated rings. The number of rotatable bonds is 8. The summed E-state index contributed by atoms with van der Waals surface area (Å²) in [6.45, 7) is 6.04. The van der Waals surface area contributed by atoms with Crippen molar-refractivity contribution < 1.29 is 4.74 Å². The smallest absolute Gasteiger partial charge is 0.0590 e. The Hall–Kier alpha value is -0.0800. The first-order chi connectivity index (χ1) is 6.92. The largest absolute Gasteiger partial charge is 0.380 e. The van der Waals surface area contributed by atoms with Crippen LogP contribution < -0.4 is 5.32 Å². The van der Waals surface area contributed by atoms with E-state index in [1.165, 1.54) is 32.2 Å². The van der Waals surface area contributed by atoms with Crippen molar-refractivity contribution in [2.45, 2.75) is 32.6 Å². The number of ether oxygens (including phenoxy) is 1. The fourth-order valence-corrected chi connectivity index (χ4v) is 2.32. The van der Waals surface area contributed by atoms with E-state index >= 15 is 0 Å². The Labute approximate surface area is 87.4 Å². The van der Waals surface area contributed by atoms with Gasteiger partial charge in [0.1, 0.15) is 0 Å². The van der Waals surface area contributed by atoms with Gasteiger partial charge in [-0.2, -0.15) is 0 Å². The molecule has 0 aliphatic heterocycles. The molecule has 0 heterocycles. The number of hydrogen-bond acceptors (Lipinski definition) is 2. The molecule has 0 aromatic carbocycles. The van der Waals surface area contributed by atoms with Crippen LogP contribution in [-0.2, 0) is 4.74 Å². The monoisotopic (exact) mass is 197 g/mol. The molecule has 2 rings (SSSR count). The van der Waals surface area contributed by atoms with Gasteiger partial charge in [0.15, 0.2) is 0 Å². The third kappa shape index (κ3) is 3.25. The molecule has 0 saturated heterocycles. The van der Waals surface area contributed by atoms with E-state index in [4.69, 9.17) is 4.74 Å². The van der Waals surface area contributed by atoms with Crippen LogP contribution in [0.15, 0.2) is 0 Å². The summed E-state index contributed by atoms with van der Waals surface area (Å²) in [5.74, 6) is 3.14. The maximum absolute atomic E-state index is 5.31. The van der Waals surface area contributed by atoms with Crippen LogP contribution in [-0.4, -0.2) is 26.3 Å². The molecule has 2 aliphatic rings. The maximum atomic E-state index is 5.31. The Bertz CT molecular complexity index is 152. The molecule has 0 spiro atoms. The minimum absolute atomic E-state index is 0.844. The summed E-state index contributed by atoms with van der Waals surface area (Å²) >= 11 is 0. The van der Waals surface area contributed by atoms with Crippen molar-refractivity contribution in [2.75, 3.05) is 26.3 Å². The molecule has 0 unspecified atom stereocenters. The summed E-state index contributed by atoms with van der Waals surface area (Å²) < 4.78 is 5.31. The molecule has 0 bridgehead atoms. The van der Waals surface area contributed by atoms with Crippen molar-refractivity contribution >= 4 is 0 Å². The normalized spacial score (nSPS) is 21.9. The van der Waals surface area contributed by atoms with Gasteiger partial charge in [-0.3, -0.25) is 0 Å². The van der Waals surface area contributed by atoms with Gasteiger partial charge in [0.05, 0.1) is 6.61 Å². The molecular weight excluding hydrogens is 174 g/mol. The van der Waals surface area contributed by atoms with Crippen LogP contribution in [0.3, 0.4) is 0 Å². The van der Waals surface area contributed by atoms with Crippen molar-refractivity contribution in [2.24, 2.45) is 17.8 Å². The second-order valence-electron chi connectivity index (χ2n) is 4.74. The van der Waals surface area contributed by atoms with E-state index in [9.17, 15) is 0 Å². The van der Waals surface area contributed by atoms with E-state index < -0.39 is 0 Å². The molecule has 1 N–H and O–H groups in total. The van der Waals surface area contributed by atoms with Gasteiger partial charge < -0.3 is 10.1 Å². The quantitative estimate of drug-likeness (QED) is 0.601. The lowest BCUT2D eigenvalue weighted by atomic mass is 9.98. The second kappa shape index (κ2) is 5.13. The van der Waals surface area contributed by atoms with Crippen LogP contribution in [0, 0.1) is 17.8 Å². The van der Waals surface area contributed by atoms with Crippen LogP contribution in [0.2, 0.25) is 0 Å². The molecule has 0 amide bonds. The maximum Gasteiger partial charge on any atom is 0.0590 e. The fraction of sp³-hybridized carbons (Fsp3) is 1.00. The predicted molar refractivity (Wildman–Crippen MR) is 58.3 cm³/mol. The first kappa shape index (κ1) is 10.4. The van der Waals surface area contributed by atoms with Crippen molar-refractivity contribution in [1.29, 1.82) is 0 Å². The summed E-state index contributed by atoms with van der Waals surface area (Å²) in [5.41, 5.74) is 0. The van der Waals surface area contributed by atoms with E-state index in [0.717, 1.165) is 37.5 Å². The predicted octanol–water partition coefficient (Wildman–Crippen LogP) is 2.05. The number of hydrogen-bond donors (Lipinski definition) is 1. The van der Waals surface area contributed by atoms with E-state index in [1.807, 2.05) is 0 Å². The second-order valence-corrected chi connectivity index (χ2v) is 4.74. The minimum Gasteiger partial charge on any atom is -0.380 e. The van der Waals surface area contributed by atoms with Gasteiger partial charge >= 0.3 is 0 Å². The van der Waals surface area contributed by atoms with Gasteiger partial charge in [-0.05, 0) is 56.9 Å². The highest BCUT2D eigenvalue weighted by atomic mass is 16.5. The van der Waals surface area contributed by atoms with Crippen LogP contribution in [0.5, 0.6) is 0 Å². The Morgan fingerprint density at radius 2 is 1.86 bits per heavy atom. The fourth-order valence-electron chi connectivity index (χ4n) is 2.32. The molecule has 2 heteroatoms. The summed E-state index contributed by atoms with van der Waals surface area (Å²) in [6, 6.07) is 0. The summed E-state index contributed by atoms with van der Waals surface area (Å²) in [6.07, 6.45) is 5.98. The summed E-state index contributed by atoms with van der Waals surface area (Å²) in [7, 11) is 0. The zero-order valence-corrected chi connectivity index (χ0v) is 9.30. The summed E-state index contributed by atoms with van der Waals surface area (Å²) in [4.78, 5) is 0. The minimum atomic E-state index is 0.844. The molecule has 0 aromatic heterocycles. The standard InChI is InChI=1S/C12H23NO/c1-2-14-8-7-13-9-12(10-3-4-10)11-5-6-11/h10-13H,2-9H2,1H3. The van der Waals surface area contributed by atoms with Gasteiger partial charge in [-0.15, -0.1) is 0 Å². The third-order valence-corrected chi connectivity index (χ3v) is 3.46. The van der Waals surface area contributed by atoms with Crippen LogP contribution in [0.25, 0.3) is 0 Å². The van der Waals surface area contributed by atoms with Gasteiger partial charge in [0.2, 0.25) is 0 Å². The van der Waals surface area contributed by atoms with Crippen LogP contribution in [0.1, 0.15) is 32.6 Å². The average Bonchev–Trinajstić information content (AvgIpc) is 3.03. The van der Waals surface area contributed by atoms with Gasteiger partial charge in [-0.25, -0.2) is 0 Å². The van der Waals surface area contributed by atoms with Crippen molar-refractivity contribution in [3.63, 3.8) is 0 Å². The first-order valence-corrected chi connectivity index (χ1v) is 6.20. The Morgan fingerprint density at radius 1 is 1.21 bits per heavy atom. The van der Waals surface area contributed by atoms with Gasteiger partial charge in [-0.1, -0.05) is 0 Å². The van der Waals surface area contributed by atoms with Crippen molar-refractivity contribution in [3.05, 3.63) is 0 Å². The lowest BCUT2D eigenvalue weighted by molar-refractivity contribution is 0.147. The van der Waals surface area contributed by atoms with Crippen LogP contribution in [0.4, 0.5) is 0 Å². The Morgan fingerprint density at radius 3 is 2.36 bits per heavy atom. The molecule has 2 nitrogen and oxygen atoms in total. The van der Waals surface area contributed by atoms with E-state index in [-0.39, 0.29) is 0 Å². The topological polar surface area (TPSA) is 21.3 Å². The molecule has 0 atom stereocenters. The molecule has 2 saturated carbocycles. The average molecular weight is 197 g/mol. The molecule has 0 radical (unpaired) electrons. The zero-order valence-electron chi connectivity index (χ0n) is 9.30.